The molecule has 16 heavy (non-hydrogen) atoms. The molecule has 1 fully saturated rings. The first-order chi connectivity index (χ1) is 7.66. The van der Waals surface area contributed by atoms with E-state index < -0.39 is 11.8 Å². The maximum absolute atomic E-state index is 12.9. The summed E-state index contributed by atoms with van der Waals surface area (Å²) < 4.78 is 18.3. The van der Waals surface area contributed by atoms with Crippen LogP contribution in [0.4, 0.5) is 4.39 Å². The maximum Gasteiger partial charge on any atom is 0.339 e. The fraction of sp³-hybridized carbons (Fsp3) is 0.417. The number of hydrogen-bond acceptors (Lipinski definition) is 2. The summed E-state index contributed by atoms with van der Waals surface area (Å²) in [5, 5.41) is 8.88. The predicted molar refractivity (Wildman–Crippen MR) is 56.2 cm³/mol. The van der Waals surface area contributed by atoms with E-state index in [2.05, 4.69) is 0 Å². The highest BCUT2D eigenvalue weighted by Crippen LogP contribution is 2.28. The van der Waals surface area contributed by atoms with Gasteiger partial charge in [0.2, 0.25) is 0 Å². The molecule has 86 valence electrons. The Bertz CT molecular complexity index is 399. The SMILES string of the molecule is O=C(O)c1cc(F)ccc1OCC1CCC1. The number of aromatic carboxylic acids is 1. The van der Waals surface area contributed by atoms with Gasteiger partial charge in [-0.1, -0.05) is 6.42 Å². The van der Waals surface area contributed by atoms with Gasteiger partial charge in [0.05, 0.1) is 6.61 Å². The van der Waals surface area contributed by atoms with Crippen LogP contribution in [0.25, 0.3) is 0 Å². The van der Waals surface area contributed by atoms with Crippen molar-refractivity contribution < 1.29 is 19.0 Å². The van der Waals surface area contributed by atoms with Crippen LogP contribution in [0, 0.1) is 11.7 Å². The Balaban J connectivity index is 2.08. The van der Waals surface area contributed by atoms with Crippen molar-refractivity contribution in [2.75, 3.05) is 6.61 Å². The van der Waals surface area contributed by atoms with Gasteiger partial charge in [-0.3, -0.25) is 0 Å². The quantitative estimate of drug-likeness (QED) is 0.855. The number of carboxylic acid groups (broad SMARTS) is 1. The van der Waals surface area contributed by atoms with E-state index in [1.165, 1.54) is 18.6 Å². The molecule has 4 heteroatoms. The molecule has 0 aromatic heterocycles. The lowest BCUT2D eigenvalue weighted by atomic mass is 9.86. The number of carbonyl (C=O) groups is 1. The molecular weight excluding hydrogens is 211 g/mol. The van der Waals surface area contributed by atoms with Crippen molar-refractivity contribution in [3.63, 3.8) is 0 Å². The fourth-order valence-corrected chi connectivity index (χ4v) is 1.66. The highest BCUT2D eigenvalue weighted by atomic mass is 19.1. The van der Waals surface area contributed by atoms with E-state index in [9.17, 15) is 9.18 Å². The van der Waals surface area contributed by atoms with Gasteiger partial charge in [-0.05, 0) is 37.0 Å². The Hall–Kier alpha value is -1.58. The number of hydrogen-bond donors (Lipinski definition) is 1. The Morgan fingerprint density at radius 3 is 2.81 bits per heavy atom. The molecule has 0 bridgehead atoms. The lowest BCUT2D eigenvalue weighted by Gasteiger charge is -2.25. The predicted octanol–water partition coefficient (Wildman–Crippen LogP) is 2.70. The van der Waals surface area contributed by atoms with Gasteiger partial charge in [0.1, 0.15) is 17.1 Å². The van der Waals surface area contributed by atoms with Crippen LogP contribution in [0.2, 0.25) is 0 Å². The Morgan fingerprint density at radius 1 is 1.50 bits per heavy atom. The van der Waals surface area contributed by atoms with E-state index in [0.29, 0.717) is 12.5 Å². The first-order valence-corrected chi connectivity index (χ1v) is 5.32. The van der Waals surface area contributed by atoms with Crippen molar-refractivity contribution in [1.82, 2.24) is 0 Å². The summed E-state index contributed by atoms with van der Waals surface area (Å²) >= 11 is 0. The van der Waals surface area contributed by atoms with Crippen LogP contribution < -0.4 is 4.74 Å². The van der Waals surface area contributed by atoms with Gasteiger partial charge in [-0.25, -0.2) is 9.18 Å². The molecule has 0 spiro atoms. The van der Waals surface area contributed by atoms with Crippen LogP contribution in [0.1, 0.15) is 29.6 Å². The van der Waals surface area contributed by atoms with Crippen molar-refractivity contribution in [2.45, 2.75) is 19.3 Å². The third-order valence-corrected chi connectivity index (χ3v) is 2.87. The summed E-state index contributed by atoms with van der Waals surface area (Å²) in [5.74, 6) is -0.955. The molecule has 1 N–H and O–H groups in total. The molecule has 1 aromatic carbocycles. The molecule has 3 nitrogen and oxygen atoms in total. The standard InChI is InChI=1S/C12H13FO3/c13-9-4-5-11(10(6-9)12(14)15)16-7-8-2-1-3-8/h4-6,8H,1-3,7H2,(H,14,15). The molecule has 0 aliphatic heterocycles. The molecule has 0 amide bonds. The zero-order chi connectivity index (χ0) is 11.5. The summed E-state index contributed by atoms with van der Waals surface area (Å²) in [4.78, 5) is 10.9. The monoisotopic (exact) mass is 224 g/mol. The second kappa shape index (κ2) is 4.51. The van der Waals surface area contributed by atoms with Crippen molar-refractivity contribution in [1.29, 1.82) is 0 Å². The first-order valence-electron chi connectivity index (χ1n) is 5.32. The molecule has 1 aliphatic rings. The second-order valence-corrected chi connectivity index (χ2v) is 4.05. The number of ether oxygens (including phenoxy) is 1. The first kappa shape index (κ1) is 10.9. The third-order valence-electron chi connectivity index (χ3n) is 2.87. The minimum Gasteiger partial charge on any atom is -0.492 e. The van der Waals surface area contributed by atoms with Crippen molar-refractivity contribution in [2.24, 2.45) is 5.92 Å². The lowest BCUT2D eigenvalue weighted by molar-refractivity contribution is 0.0689. The van der Waals surface area contributed by atoms with Gasteiger partial charge in [0.25, 0.3) is 0 Å². The zero-order valence-corrected chi connectivity index (χ0v) is 8.78. The number of benzene rings is 1. The topological polar surface area (TPSA) is 46.5 Å². The fourth-order valence-electron chi connectivity index (χ4n) is 1.66. The van der Waals surface area contributed by atoms with Gasteiger partial charge in [0.15, 0.2) is 0 Å². The molecule has 1 aliphatic carbocycles. The average molecular weight is 224 g/mol. The Morgan fingerprint density at radius 2 is 2.25 bits per heavy atom. The number of carboxylic acids is 1. The summed E-state index contributed by atoms with van der Waals surface area (Å²) in [6.07, 6.45) is 3.47. The summed E-state index contributed by atoms with van der Waals surface area (Å²) in [7, 11) is 0. The summed E-state index contributed by atoms with van der Waals surface area (Å²) in [6, 6.07) is 3.57. The van der Waals surface area contributed by atoms with Crippen LogP contribution in [0.5, 0.6) is 5.75 Å². The van der Waals surface area contributed by atoms with Crippen LogP contribution >= 0.6 is 0 Å². The molecule has 0 atom stereocenters. The average Bonchev–Trinajstić information content (AvgIpc) is 2.17. The molecule has 1 aromatic rings. The highest BCUT2D eigenvalue weighted by molar-refractivity contribution is 5.90. The molecule has 0 unspecified atom stereocenters. The lowest BCUT2D eigenvalue weighted by Crippen LogP contribution is -2.20. The third kappa shape index (κ3) is 2.32. The van der Waals surface area contributed by atoms with E-state index in [1.807, 2.05) is 0 Å². The Labute approximate surface area is 92.9 Å². The Kier molecular flexibility index (Phi) is 3.08. The van der Waals surface area contributed by atoms with Crippen LogP contribution in [-0.4, -0.2) is 17.7 Å². The maximum atomic E-state index is 12.9. The molecule has 0 radical (unpaired) electrons. The van der Waals surface area contributed by atoms with Crippen LogP contribution in [0.15, 0.2) is 18.2 Å². The van der Waals surface area contributed by atoms with E-state index in [-0.39, 0.29) is 11.3 Å². The molecule has 0 saturated heterocycles. The van der Waals surface area contributed by atoms with Gasteiger partial charge in [-0.2, -0.15) is 0 Å². The molecular formula is C12H13FO3. The van der Waals surface area contributed by atoms with Crippen LogP contribution in [-0.2, 0) is 0 Å². The van der Waals surface area contributed by atoms with Gasteiger partial charge < -0.3 is 9.84 Å². The van der Waals surface area contributed by atoms with Crippen molar-refractivity contribution in [3.05, 3.63) is 29.6 Å². The van der Waals surface area contributed by atoms with E-state index in [1.54, 1.807) is 0 Å². The zero-order valence-electron chi connectivity index (χ0n) is 8.78. The van der Waals surface area contributed by atoms with Gasteiger partial charge in [-0.15, -0.1) is 0 Å². The van der Waals surface area contributed by atoms with E-state index in [4.69, 9.17) is 9.84 Å². The summed E-state index contributed by atoms with van der Waals surface area (Å²) in [6.45, 7) is 0.520. The minimum absolute atomic E-state index is 0.112. The van der Waals surface area contributed by atoms with Crippen LogP contribution in [0.3, 0.4) is 0 Å². The molecule has 2 rings (SSSR count). The van der Waals surface area contributed by atoms with Crippen molar-refractivity contribution in [3.8, 4) is 5.75 Å². The van der Waals surface area contributed by atoms with Crippen molar-refractivity contribution >= 4 is 5.97 Å². The highest BCUT2D eigenvalue weighted by Gasteiger charge is 2.19. The number of rotatable bonds is 4. The largest absolute Gasteiger partial charge is 0.492 e. The second-order valence-electron chi connectivity index (χ2n) is 4.05. The van der Waals surface area contributed by atoms with E-state index >= 15 is 0 Å². The van der Waals surface area contributed by atoms with Gasteiger partial charge in [0, 0.05) is 0 Å². The normalized spacial score (nSPS) is 15.6. The summed E-state index contributed by atoms with van der Waals surface area (Å²) in [5.41, 5.74) is -0.112. The number of halogens is 1. The molecule has 0 heterocycles. The van der Waals surface area contributed by atoms with E-state index in [0.717, 1.165) is 18.9 Å². The minimum atomic E-state index is -1.16. The molecule has 1 saturated carbocycles. The smallest absolute Gasteiger partial charge is 0.339 e. The van der Waals surface area contributed by atoms with Gasteiger partial charge >= 0.3 is 5.97 Å².